The van der Waals surface area contributed by atoms with E-state index in [0.29, 0.717) is 37.2 Å². The van der Waals surface area contributed by atoms with Gasteiger partial charge in [0.25, 0.3) is 5.91 Å². The van der Waals surface area contributed by atoms with Crippen LogP contribution in [0.3, 0.4) is 0 Å². The summed E-state index contributed by atoms with van der Waals surface area (Å²) in [4.78, 5) is 22.6. The van der Waals surface area contributed by atoms with Gasteiger partial charge < -0.3 is 10.4 Å². The summed E-state index contributed by atoms with van der Waals surface area (Å²) in [7, 11) is -3.26. The Labute approximate surface area is 154 Å². The number of carboxylic acid groups (broad SMARTS) is 1. The molecule has 26 heavy (non-hydrogen) atoms. The van der Waals surface area contributed by atoms with E-state index in [1.165, 1.54) is 4.31 Å². The number of carboxylic acids is 1. The van der Waals surface area contributed by atoms with Crippen molar-refractivity contribution in [2.24, 2.45) is 0 Å². The van der Waals surface area contributed by atoms with Crippen molar-refractivity contribution in [3.63, 3.8) is 0 Å². The van der Waals surface area contributed by atoms with Crippen LogP contribution in [0.2, 0.25) is 0 Å². The number of unbranched alkanes of at least 4 members (excludes halogenated alkanes) is 4. The summed E-state index contributed by atoms with van der Waals surface area (Å²) >= 11 is 0. The highest BCUT2D eigenvalue weighted by molar-refractivity contribution is 7.93. The lowest BCUT2D eigenvalue weighted by Crippen LogP contribution is -2.27. The Bertz CT molecular complexity index is 733. The molecule has 0 bridgehead atoms. The number of carbonyl (C=O) groups is 2. The van der Waals surface area contributed by atoms with Crippen molar-refractivity contribution in [1.82, 2.24) is 5.32 Å². The smallest absolute Gasteiger partial charge is 0.303 e. The largest absolute Gasteiger partial charge is 0.481 e. The highest BCUT2D eigenvalue weighted by Crippen LogP contribution is 2.24. The Morgan fingerprint density at radius 1 is 1.12 bits per heavy atom. The van der Waals surface area contributed by atoms with Crippen LogP contribution < -0.4 is 9.62 Å². The quantitative estimate of drug-likeness (QED) is 0.605. The third-order valence-corrected chi connectivity index (χ3v) is 6.22. The molecule has 1 heterocycles. The summed E-state index contributed by atoms with van der Waals surface area (Å²) < 4.78 is 25.3. The molecule has 0 radical (unpaired) electrons. The molecular formula is C18H26N2O5S. The van der Waals surface area contributed by atoms with Crippen molar-refractivity contribution in [1.29, 1.82) is 0 Å². The Kier molecular flexibility index (Phi) is 7.44. The van der Waals surface area contributed by atoms with Crippen LogP contribution in [0.4, 0.5) is 5.69 Å². The van der Waals surface area contributed by atoms with Crippen molar-refractivity contribution in [3.8, 4) is 0 Å². The minimum Gasteiger partial charge on any atom is -0.481 e. The fourth-order valence-corrected chi connectivity index (χ4v) is 4.52. The lowest BCUT2D eigenvalue weighted by Gasteiger charge is -2.17. The van der Waals surface area contributed by atoms with Crippen LogP contribution in [-0.2, 0) is 14.8 Å². The zero-order valence-corrected chi connectivity index (χ0v) is 15.6. The van der Waals surface area contributed by atoms with Crippen LogP contribution in [0.5, 0.6) is 0 Å². The Hall–Kier alpha value is -2.09. The van der Waals surface area contributed by atoms with Crippen molar-refractivity contribution >= 4 is 27.6 Å². The third-order valence-electron chi connectivity index (χ3n) is 4.35. The average molecular weight is 382 g/mol. The molecule has 1 saturated heterocycles. The van der Waals surface area contributed by atoms with Gasteiger partial charge in [0.05, 0.1) is 11.4 Å². The van der Waals surface area contributed by atoms with Gasteiger partial charge >= 0.3 is 5.97 Å². The maximum atomic E-state index is 12.2. The Morgan fingerprint density at radius 2 is 1.85 bits per heavy atom. The SMILES string of the molecule is O=C(O)CCCCCCCNC(=O)c1cccc(N2CCCS2(=O)=O)c1. The van der Waals surface area contributed by atoms with E-state index in [4.69, 9.17) is 5.11 Å². The van der Waals surface area contributed by atoms with Gasteiger partial charge in [0.15, 0.2) is 0 Å². The van der Waals surface area contributed by atoms with E-state index in [9.17, 15) is 18.0 Å². The first kappa shape index (κ1) is 20.2. The van der Waals surface area contributed by atoms with E-state index in [-0.39, 0.29) is 18.1 Å². The van der Waals surface area contributed by atoms with E-state index >= 15 is 0 Å². The van der Waals surface area contributed by atoms with Gasteiger partial charge in [-0.25, -0.2) is 8.42 Å². The van der Waals surface area contributed by atoms with Crippen molar-refractivity contribution in [2.45, 2.75) is 44.9 Å². The summed E-state index contributed by atoms with van der Waals surface area (Å²) in [5.41, 5.74) is 0.986. The van der Waals surface area contributed by atoms with Crippen LogP contribution in [-0.4, -0.2) is 44.2 Å². The number of sulfonamides is 1. The third kappa shape index (κ3) is 6.01. The second-order valence-electron chi connectivity index (χ2n) is 6.46. The fourth-order valence-electron chi connectivity index (χ4n) is 2.97. The topological polar surface area (TPSA) is 104 Å². The zero-order valence-electron chi connectivity index (χ0n) is 14.8. The molecule has 1 fully saturated rings. The fraction of sp³-hybridized carbons (Fsp3) is 0.556. The molecule has 1 aromatic carbocycles. The summed E-state index contributed by atoms with van der Waals surface area (Å²) in [6.07, 6.45) is 5.10. The van der Waals surface area contributed by atoms with Gasteiger partial charge in [-0.3, -0.25) is 13.9 Å². The molecule has 0 aromatic heterocycles. The number of anilines is 1. The zero-order chi connectivity index (χ0) is 19.0. The normalized spacial score (nSPS) is 15.8. The summed E-state index contributed by atoms with van der Waals surface area (Å²) in [5.74, 6) is -0.828. The predicted octanol–water partition coefficient (Wildman–Crippen LogP) is 2.38. The second kappa shape index (κ2) is 9.56. The minimum absolute atomic E-state index is 0.149. The van der Waals surface area contributed by atoms with E-state index < -0.39 is 16.0 Å². The molecule has 1 aliphatic heterocycles. The molecule has 0 saturated carbocycles. The number of aliphatic carboxylic acids is 1. The van der Waals surface area contributed by atoms with Gasteiger partial charge in [0.2, 0.25) is 10.0 Å². The second-order valence-corrected chi connectivity index (χ2v) is 8.47. The van der Waals surface area contributed by atoms with Crippen LogP contribution in [0, 0.1) is 0 Å². The van der Waals surface area contributed by atoms with Crippen LogP contribution in [0.25, 0.3) is 0 Å². The Balaban J connectivity index is 1.74. The molecule has 144 valence electrons. The molecule has 1 aliphatic rings. The highest BCUT2D eigenvalue weighted by atomic mass is 32.2. The van der Waals surface area contributed by atoms with Crippen LogP contribution in [0.1, 0.15) is 55.3 Å². The van der Waals surface area contributed by atoms with Gasteiger partial charge in [-0.2, -0.15) is 0 Å². The first-order valence-corrected chi connectivity index (χ1v) is 10.6. The summed E-state index contributed by atoms with van der Waals surface area (Å²) in [6, 6.07) is 6.69. The Morgan fingerprint density at radius 3 is 2.54 bits per heavy atom. The molecule has 1 aromatic rings. The van der Waals surface area contributed by atoms with Gasteiger partial charge in [-0.15, -0.1) is 0 Å². The van der Waals surface area contributed by atoms with Gasteiger partial charge in [0, 0.05) is 25.1 Å². The van der Waals surface area contributed by atoms with Crippen molar-refractivity contribution < 1.29 is 23.1 Å². The number of nitrogens with one attached hydrogen (secondary N) is 1. The predicted molar refractivity (Wildman–Crippen MR) is 99.9 cm³/mol. The highest BCUT2D eigenvalue weighted by Gasteiger charge is 2.28. The molecular weight excluding hydrogens is 356 g/mol. The molecule has 0 atom stereocenters. The van der Waals surface area contributed by atoms with Gasteiger partial charge in [0.1, 0.15) is 0 Å². The number of hydrogen-bond acceptors (Lipinski definition) is 4. The minimum atomic E-state index is -3.26. The number of benzene rings is 1. The molecule has 8 heteroatoms. The molecule has 0 aliphatic carbocycles. The standard InChI is InChI=1S/C18H26N2O5S/c21-17(22)10-4-2-1-3-5-11-19-18(23)15-8-6-9-16(14-15)20-12-7-13-26(20,24)25/h6,8-9,14H,1-5,7,10-13H2,(H,19,23)(H,21,22). The first-order chi connectivity index (χ1) is 12.4. The van der Waals surface area contributed by atoms with E-state index in [1.807, 2.05) is 0 Å². The van der Waals surface area contributed by atoms with Crippen molar-refractivity contribution in [3.05, 3.63) is 29.8 Å². The van der Waals surface area contributed by atoms with Crippen LogP contribution in [0.15, 0.2) is 24.3 Å². The van der Waals surface area contributed by atoms with Crippen LogP contribution >= 0.6 is 0 Å². The van der Waals surface area contributed by atoms with E-state index in [1.54, 1.807) is 24.3 Å². The molecule has 2 N–H and O–H groups in total. The molecule has 0 spiro atoms. The number of hydrogen-bond donors (Lipinski definition) is 2. The molecule has 2 rings (SSSR count). The average Bonchev–Trinajstić information content (AvgIpc) is 2.96. The van der Waals surface area contributed by atoms with Crippen molar-refractivity contribution in [2.75, 3.05) is 23.1 Å². The summed E-state index contributed by atoms with van der Waals surface area (Å²) in [5, 5.41) is 11.4. The maximum absolute atomic E-state index is 12.2. The lowest BCUT2D eigenvalue weighted by atomic mass is 10.1. The van der Waals surface area contributed by atoms with Gasteiger partial charge in [-0.1, -0.05) is 25.3 Å². The lowest BCUT2D eigenvalue weighted by molar-refractivity contribution is -0.137. The number of rotatable bonds is 10. The molecule has 1 amide bonds. The number of carbonyl (C=O) groups excluding carboxylic acids is 1. The number of nitrogens with zero attached hydrogens (tertiary/aromatic N) is 1. The van der Waals surface area contributed by atoms with E-state index in [0.717, 1.165) is 25.7 Å². The molecule has 0 unspecified atom stereocenters. The monoisotopic (exact) mass is 382 g/mol. The maximum Gasteiger partial charge on any atom is 0.303 e. The molecule has 7 nitrogen and oxygen atoms in total. The first-order valence-electron chi connectivity index (χ1n) is 9.00. The van der Waals surface area contributed by atoms with E-state index in [2.05, 4.69) is 5.32 Å². The van der Waals surface area contributed by atoms with Gasteiger partial charge in [-0.05, 0) is 37.5 Å². The summed E-state index contributed by atoms with van der Waals surface area (Å²) in [6.45, 7) is 0.999. The number of amides is 1.